The van der Waals surface area contributed by atoms with Crippen LogP contribution in [-0.4, -0.2) is 37.0 Å². The van der Waals surface area contributed by atoms with Gasteiger partial charge in [0.25, 0.3) is 5.91 Å². The molecule has 1 amide bonds. The van der Waals surface area contributed by atoms with Gasteiger partial charge in [-0.2, -0.15) is 0 Å². The first-order chi connectivity index (χ1) is 9.49. The van der Waals surface area contributed by atoms with Gasteiger partial charge in [0.2, 0.25) is 0 Å². The number of methoxy groups -OCH3 is 1. The first-order valence-electron chi connectivity index (χ1n) is 6.52. The molecule has 1 aromatic carbocycles. The van der Waals surface area contributed by atoms with Crippen molar-refractivity contribution in [3.63, 3.8) is 0 Å². The highest BCUT2D eigenvalue weighted by Crippen LogP contribution is 2.30. The Morgan fingerprint density at radius 3 is 2.57 bits per heavy atom. The minimum absolute atomic E-state index is 0. The molecule has 0 bridgehead atoms. The second-order valence-electron chi connectivity index (χ2n) is 5.08. The zero-order valence-corrected chi connectivity index (χ0v) is 12.8. The number of likely N-dealkylation sites (tertiary alicyclic amines) is 1. The van der Waals surface area contributed by atoms with Gasteiger partial charge in [0.15, 0.2) is 11.6 Å². The zero-order chi connectivity index (χ0) is 14.9. The molecular weight excluding hydrogens is 302 g/mol. The van der Waals surface area contributed by atoms with Crippen LogP contribution in [0.3, 0.4) is 0 Å². The van der Waals surface area contributed by atoms with Crippen LogP contribution in [0.25, 0.3) is 0 Å². The van der Waals surface area contributed by atoms with Crippen LogP contribution >= 0.6 is 12.4 Å². The van der Waals surface area contributed by atoms with Crippen LogP contribution in [0.15, 0.2) is 12.1 Å². The highest BCUT2D eigenvalue weighted by Gasteiger charge is 2.35. The number of hydrogen-bond donors (Lipinski definition) is 1. The van der Waals surface area contributed by atoms with Gasteiger partial charge in [-0.3, -0.25) is 4.79 Å². The van der Waals surface area contributed by atoms with Gasteiger partial charge in [-0.05, 0) is 37.9 Å². The number of rotatable bonds is 3. The van der Waals surface area contributed by atoms with Gasteiger partial charge < -0.3 is 15.4 Å². The second-order valence-corrected chi connectivity index (χ2v) is 5.08. The van der Waals surface area contributed by atoms with Crippen molar-refractivity contribution in [2.24, 2.45) is 11.7 Å². The molecule has 21 heavy (non-hydrogen) atoms. The molecule has 1 aliphatic rings. The van der Waals surface area contributed by atoms with Crippen molar-refractivity contribution in [2.45, 2.75) is 19.4 Å². The molecule has 0 saturated carbocycles. The van der Waals surface area contributed by atoms with Crippen LogP contribution in [0, 0.1) is 17.6 Å². The fourth-order valence-electron chi connectivity index (χ4n) is 2.67. The van der Waals surface area contributed by atoms with Gasteiger partial charge >= 0.3 is 0 Å². The summed E-state index contributed by atoms with van der Waals surface area (Å²) in [4.78, 5) is 14.0. The molecule has 2 atom stereocenters. The zero-order valence-electron chi connectivity index (χ0n) is 11.9. The van der Waals surface area contributed by atoms with E-state index in [4.69, 9.17) is 10.5 Å². The van der Waals surface area contributed by atoms with E-state index in [1.807, 2.05) is 6.92 Å². The van der Waals surface area contributed by atoms with E-state index >= 15 is 0 Å². The highest BCUT2D eigenvalue weighted by molar-refractivity contribution is 5.97. The Hall–Kier alpha value is -1.40. The number of nitrogens with zero attached hydrogens (tertiary/aromatic N) is 1. The molecule has 118 valence electrons. The van der Waals surface area contributed by atoms with Gasteiger partial charge in [-0.25, -0.2) is 8.78 Å². The van der Waals surface area contributed by atoms with Crippen molar-refractivity contribution in [1.82, 2.24) is 4.90 Å². The Labute approximate surface area is 128 Å². The van der Waals surface area contributed by atoms with Crippen LogP contribution in [0.1, 0.15) is 23.7 Å². The molecule has 2 N–H and O–H groups in total. The fraction of sp³-hybridized carbons (Fsp3) is 0.500. The Bertz CT molecular complexity index is 528. The molecule has 1 aromatic rings. The molecule has 0 spiro atoms. The molecule has 1 aliphatic heterocycles. The molecule has 0 aliphatic carbocycles. The summed E-state index contributed by atoms with van der Waals surface area (Å²) < 4.78 is 32.4. The lowest BCUT2D eigenvalue weighted by Gasteiger charge is -2.23. The van der Waals surface area contributed by atoms with Crippen LogP contribution in [0.5, 0.6) is 5.75 Å². The summed E-state index contributed by atoms with van der Waals surface area (Å²) in [5.74, 6) is -2.24. The molecule has 0 aromatic heterocycles. The summed E-state index contributed by atoms with van der Waals surface area (Å²) in [6, 6.07) is 1.83. The first-order valence-corrected chi connectivity index (χ1v) is 6.52. The van der Waals surface area contributed by atoms with E-state index in [0.717, 1.165) is 18.6 Å². The number of ether oxygens (including phenoxy) is 1. The number of halogens is 3. The minimum atomic E-state index is -0.781. The highest BCUT2D eigenvalue weighted by atomic mass is 35.5. The number of nitrogens with two attached hydrogens (primary N) is 1. The van der Waals surface area contributed by atoms with Gasteiger partial charge in [0, 0.05) is 12.6 Å². The third-order valence-electron chi connectivity index (χ3n) is 3.73. The Kier molecular flexibility index (Phi) is 5.92. The number of hydrogen-bond acceptors (Lipinski definition) is 3. The quantitative estimate of drug-likeness (QED) is 0.929. The molecule has 1 heterocycles. The third-order valence-corrected chi connectivity index (χ3v) is 3.73. The normalized spacial score (nSPS) is 21.1. The minimum Gasteiger partial charge on any atom is -0.493 e. The summed E-state index contributed by atoms with van der Waals surface area (Å²) in [6.07, 6.45) is 0.765. The van der Waals surface area contributed by atoms with Gasteiger partial charge in [0.05, 0.1) is 7.11 Å². The number of carbonyl (C=O) groups is 1. The SMILES string of the molecule is COc1c(F)ccc(F)c1C(=O)N1CC(CN)CC1C.Cl. The van der Waals surface area contributed by atoms with Crippen LogP contribution < -0.4 is 10.5 Å². The number of benzene rings is 1. The first kappa shape index (κ1) is 17.7. The largest absolute Gasteiger partial charge is 0.493 e. The van der Waals surface area contributed by atoms with Gasteiger partial charge in [-0.15, -0.1) is 12.4 Å². The van der Waals surface area contributed by atoms with Crippen molar-refractivity contribution in [3.05, 3.63) is 29.3 Å². The lowest BCUT2D eigenvalue weighted by atomic mass is 10.1. The molecule has 1 fully saturated rings. The van der Waals surface area contributed by atoms with Crippen molar-refractivity contribution in [2.75, 3.05) is 20.2 Å². The van der Waals surface area contributed by atoms with Crippen molar-refractivity contribution in [3.8, 4) is 5.75 Å². The number of amides is 1. The maximum Gasteiger partial charge on any atom is 0.260 e. The molecule has 2 rings (SSSR count). The van der Waals surface area contributed by atoms with E-state index in [1.165, 1.54) is 12.0 Å². The standard InChI is InChI=1S/C14H18F2N2O2.ClH/c1-8-5-9(6-17)7-18(8)14(19)12-10(15)3-4-11(16)13(12)20-2;/h3-4,8-9H,5-7,17H2,1-2H3;1H. The maximum atomic E-state index is 13.9. The lowest BCUT2D eigenvalue weighted by Crippen LogP contribution is -2.35. The Morgan fingerprint density at radius 1 is 1.43 bits per heavy atom. The summed E-state index contributed by atoms with van der Waals surface area (Å²) in [7, 11) is 1.21. The lowest BCUT2D eigenvalue weighted by molar-refractivity contribution is 0.0734. The van der Waals surface area contributed by atoms with E-state index in [-0.39, 0.29) is 35.7 Å². The van der Waals surface area contributed by atoms with Crippen molar-refractivity contribution >= 4 is 18.3 Å². The molecular formula is C14H19ClF2N2O2. The number of carbonyl (C=O) groups excluding carboxylic acids is 1. The molecule has 2 unspecified atom stereocenters. The smallest absolute Gasteiger partial charge is 0.260 e. The van der Waals surface area contributed by atoms with E-state index in [2.05, 4.69) is 0 Å². The van der Waals surface area contributed by atoms with E-state index < -0.39 is 17.5 Å². The van der Waals surface area contributed by atoms with Crippen molar-refractivity contribution in [1.29, 1.82) is 0 Å². The predicted molar refractivity (Wildman–Crippen MR) is 77.8 cm³/mol. The Morgan fingerprint density at radius 2 is 2.05 bits per heavy atom. The molecule has 7 heteroatoms. The molecule has 4 nitrogen and oxygen atoms in total. The van der Waals surface area contributed by atoms with Gasteiger partial charge in [-0.1, -0.05) is 0 Å². The maximum absolute atomic E-state index is 13.9. The van der Waals surface area contributed by atoms with Crippen LogP contribution in [-0.2, 0) is 0 Å². The molecule has 1 saturated heterocycles. The third kappa shape index (κ3) is 3.27. The second kappa shape index (κ2) is 7.04. The average molecular weight is 321 g/mol. The van der Waals surface area contributed by atoms with Crippen molar-refractivity contribution < 1.29 is 18.3 Å². The fourth-order valence-corrected chi connectivity index (χ4v) is 2.67. The average Bonchev–Trinajstić information content (AvgIpc) is 2.81. The van der Waals surface area contributed by atoms with E-state index in [0.29, 0.717) is 13.1 Å². The summed E-state index contributed by atoms with van der Waals surface area (Å²) in [6.45, 7) is 2.80. The predicted octanol–water partition coefficient (Wildman–Crippen LogP) is 2.20. The Balaban J connectivity index is 0.00000220. The topological polar surface area (TPSA) is 55.6 Å². The summed E-state index contributed by atoms with van der Waals surface area (Å²) >= 11 is 0. The van der Waals surface area contributed by atoms with Crippen LogP contribution in [0.4, 0.5) is 8.78 Å². The van der Waals surface area contributed by atoms with Crippen LogP contribution in [0.2, 0.25) is 0 Å². The summed E-state index contributed by atoms with van der Waals surface area (Å²) in [5.41, 5.74) is 5.26. The van der Waals surface area contributed by atoms with E-state index in [9.17, 15) is 13.6 Å². The monoisotopic (exact) mass is 320 g/mol. The summed E-state index contributed by atoms with van der Waals surface area (Å²) in [5, 5.41) is 0. The van der Waals surface area contributed by atoms with E-state index in [1.54, 1.807) is 0 Å². The van der Waals surface area contributed by atoms with Gasteiger partial charge in [0.1, 0.15) is 11.4 Å². The molecule has 0 radical (unpaired) electrons.